The van der Waals surface area contributed by atoms with Crippen molar-refractivity contribution < 1.29 is 39.1 Å². The van der Waals surface area contributed by atoms with Crippen LogP contribution in [0.4, 0.5) is 32.3 Å². The molecular weight excluding hydrogens is 684 g/mol. The van der Waals surface area contributed by atoms with Gasteiger partial charge in [-0.2, -0.15) is 27.0 Å². The summed E-state index contributed by atoms with van der Waals surface area (Å²) in [6.45, 7) is 8.05. The van der Waals surface area contributed by atoms with E-state index in [9.17, 15) is 29.8 Å². The zero-order valence-corrected chi connectivity index (χ0v) is 28.8. The number of rotatable bonds is 8. The minimum Gasteiger partial charge on any atom is -0.442 e. The van der Waals surface area contributed by atoms with Gasteiger partial charge in [-0.3, -0.25) is 30.0 Å². The van der Waals surface area contributed by atoms with Crippen LogP contribution in [0.25, 0.3) is 0 Å². The summed E-state index contributed by atoms with van der Waals surface area (Å²) in [6, 6.07) is 13.3. The Labute approximate surface area is 297 Å². The lowest BCUT2D eigenvalue weighted by atomic mass is 10.2. The molecule has 0 aliphatic carbocycles. The van der Waals surface area contributed by atoms with Crippen molar-refractivity contribution in [3.63, 3.8) is 0 Å². The Hall–Kier alpha value is -4.08. The monoisotopic (exact) mass is 728 g/mol. The molecule has 49 heavy (non-hydrogen) atoms. The molecule has 2 aromatic rings. The summed E-state index contributed by atoms with van der Waals surface area (Å²) in [5.74, 6) is 0. The van der Waals surface area contributed by atoms with Crippen molar-refractivity contribution in [2.75, 3.05) is 95.1 Å². The van der Waals surface area contributed by atoms with Gasteiger partial charge in [-0.15, -0.1) is 0 Å². The number of nitro groups is 2. The van der Waals surface area contributed by atoms with E-state index in [0.29, 0.717) is 19.8 Å². The SMILES string of the molecule is O=C1NC[C@@H](CO)O1.O=C1O[C@H](CO)CN1CN1CCN(c2ccc([N+](=O)[O-])cc2)CC1.O=[N+]([O-])c1ccc(N2CCNCC2)cc1.S.S. The number of ether oxygens (including phenoxy) is 2. The van der Waals surface area contributed by atoms with E-state index in [4.69, 9.17) is 14.9 Å². The molecule has 0 unspecified atom stereocenters. The van der Waals surface area contributed by atoms with Gasteiger partial charge in [-0.1, -0.05) is 0 Å². The number of non-ortho nitro benzene ring substituents is 2. The number of anilines is 2. The summed E-state index contributed by atoms with van der Waals surface area (Å²) in [5.41, 5.74) is 2.25. The summed E-state index contributed by atoms with van der Waals surface area (Å²) in [6.07, 6.45) is -1.59. The lowest BCUT2D eigenvalue weighted by molar-refractivity contribution is -0.385. The Kier molecular flexibility index (Phi) is 17.1. The first-order valence-corrected chi connectivity index (χ1v) is 15.2. The quantitative estimate of drug-likeness (QED) is 0.219. The molecule has 4 aliphatic rings. The van der Waals surface area contributed by atoms with E-state index in [2.05, 4.69) is 30.1 Å². The Balaban J connectivity index is 0.000000284. The topological polar surface area (TPSA) is 216 Å². The zero-order chi connectivity index (χ0) is 33.8. The summed E-state index contributed by atoms with van der Waals surface area (Å²) in [5, 5.41) is 44.3. The number of cyclic esters (lactones) is 2. The minimum atomic E-state index is -0.441. The van der Waals surface area contributed by atoms with Crippen molar-refractivity contribution in [1.29, 1.82) is 0 Å². The number of aliphatic hydroxyl groups is 2. The number of nitro benzene ring substituents is 2. The number of benzene rings is 2. The van der Waals surface area contributed by atoms with Crippen molar-refractivity contribution in [2.24, 2.45) is 0 Å². The molecule has 2 atom stereocenters. The van der Waals surface area contributed by atoms with Crippen LogP contribution in [-0.4, -0.2) is 140 Å². The molecule has 4 aliphatic heterocycles. The molecule has 0 saturated carbocycles. The molecule has 20 heteroatoms. The van der Waals surface area contributed by atoms with Gasteiger partial charge in [0, 0.05) is 88.0 Å². The largest absolute Gasteiger partial charge is 0.442 e. The highest BCUT2D eigenvalue weighted by molar-refractivity contribution is 7.59. The fourth-order valence-corrected chi connectivity index (χ4v) is 5.20. The van der Waals surface area contributed by atoms with E-state index in [1.807, 2.05) is 12.1 Å². The number of hydrogen-bond donors (Lipinski definition) is 4. The van der Waals surface area contributed by atoms with Crippen LogP contribution in [0, 0.1) is 20.2 Å². The van der Waals surface area contributed by atoms with Gasteiger partial charge >= 0.3 is 12.2 Å². The molecule has 0 radical (unpaired) electrons. The van der Waals surface area contributed by atoms with Gasteiger partial charge in [0.05, 0.1) is 42.8 Å². The predicted molar refractivity (Wildman–Crippen MR) is 190 cm³/mol. The van der Waals surface area contributed by atoms with Gasteiger partial charge < -0.3 is 40.1 Å². The second-order valence-corrected chi connectivity index (χ2v) is 11.0. The number of aliphatic hydroxyl groups excluding tert-OH is 2. The molecule has 6 rings (SSSR count). The third-order valence-electron chi connectivity index (χ3n) is 7.82. The Morgan fingerprint density at radius 1 is 0.735 bits per heavy atom. The van der Waals surface area contributed by atoms with Crippen LogP contribution < -0.4 is 20.4 Å². The smallest absolute Gasteiger partial charge is 0.411 e. The number of amides is 2. The normalized spacial score (nSPS) is 20.2. The second-order valence-electron chi connectivity index (χ2n) is 11.0. The molecule has 18 nitrogen and oxygen atoms in total. The fourth-order valence-electron chi connectivity index (χ4n) is 5.20. The minimum absolute atomic E-state index is 0. The van der Waals surface area contributed by atoms with Crippen LogP contribution in [0.2, 0.25) is 0 Å². The van der Waals surface area contributed by atoms with Crippen molar-refractivity contribution in [1.82, 2.24) is 20.4 Å². The summed E-state index contributed by atoms with van der Waals surface area (Å²) < 4.78 is 9.54. The number of piperazine rings is 2. The lowest BCUT2D eigenvalue weighted by Gasteiger charge is -2.37. The number of carbonyl (C=O) groups is 2. The number of nitrogens with zero attached hydrogens (tertiary/aromatic N) is 6. The van der Waals surface area contributed by atoms with Gasteiger partial charge in [-0.25, -0.2) is 9.59 Å². The average Bonchev–Trinajstić information content (AvgIpc) is 3.70. The third kappa shape index (κ3) is 12.4. The molecule has 2 amide bonds. The molecule has 4 N–H and O–H groups in total. The van der Waals surface area contributed by atoms with Crippen molar-refractivity contribution in [2.45, 2.75) is 12.2 Å². The molecule has 4 saturated heterocycles. The third-order valence-corrected chi connectivity index (χ3v) is 7.82. The van der Waals surface area contributed by atoms with E-state index in [-0.39, 0.29) is 68.7 Å². The van der Waals surface area contributed by atoms with Crippen molar-refractivity contribution in [3.05, 3.63) is 68.8 Å². The standard InChI is InChI=1S/C15H20N4O5.C10H13N3O2.C4H7NO3.2H2S/c20-10-14-9-18(15(21)24-14)11-16-5-7-17(8-6-16)12-1-3-13(4-2-12)19(22)23;14-13(15)10-3-1-9(2-4-10)12-7-5-11-6-8-12;6-2-3-1-5-4(7)8-3;;/h1-4,14,20H,5-11H2;1-4,11H,5-8H2;3,6H,1-2H2,(H,5,7);2*1H2/t14-;;3-;;/m0.0../s1. The summed E-state index contributed by atoms with van der Waals surface area (Å²) in [7, 11) is 0. The highest BCUT2D eigenvalue weighted by Gasteiger charge is 2.32. The van der Waals surface area contributed by atoms with Crippen LogP contribution >= 0.6 is 27.0 Å². The molecule has 2 aromatic carbocycles. The first-order chi connectivity index (χ1) is 22.7. The van der Waals surface area contributed by atoms with Gasteiger partial charge in [0.25, 0.3) is 11.4 Å². The Morgan fingerprint density at radius 2 is 1.22 bits per heavy atom. The van der Waals surface area contributed by atoms with Gasteiger partial charge in [-0.05, 0) is 24.3 Å². The zero-order valence-electron chi connectivity index (χ0n) is 26.8. The summed E-state index contributed by atoms with van der Waals surface area (Å²) in [4.78, 5) is 50.4. The lowest BCUT2D eigenvalue weighted by Crippen LogP contribution is -2.50. The Morgan fingerprint density at radius 3 is 1.61 bits per heavy atom. The maximum Gasteiger partial charge on any atom is 0.411 e. The molecule has 0 spiro atoms. The maximum absolute atomic E-state index is 11.7. The molecule has 4 heterocycles. The first kappa shape index (κ1) is 41.1. The van der Waals surface area contributed by atoms with Crippen LogP contribution in [-0.2, 0) is 9.47 Å². The molecular formula is C29H44N8O10S2. The number of nitrogens with one attached hydrogen (secondary N) is 2. The highest BCUT2D eigenvalue weighted by Crippen LogP contribution is 2.22. The van der Waals surface area contributed by atoms with E-state index in [1.54, 1.807) is 29.2 Å². The number of alkyl carbamates (subject to hydrolysis) is 1. The van der Waals surface area contributed by atoms with Crippen LogP contribution in [0.1, 0.15) is 0 Å². The van der Waals surface area contributed by atoms with E-state index in [1.165, 1.54) is 12.1 Å². The predicted octanol–water partition coefficient (Wildman–Crippen LogP) is 0.805. The second kappa shape index (κ2) is 20.4. The summed E-state index contributed by atoms with van der Waals surface area (Å²) >= 11 is 0. The van der Waals surface area contributed by atoms with Crippen LogP contribution in [0.15, 0.2) is 48.5 Å². The molecule has 0 aromatic heterocycles. The van der Waals surface area contributed by atoms with E-state index < -0.39 is 17.1 Å². The van der Waals surface area contributed by atoms with Gasteiger partial charge in [0.2, 0.25) is 0 Å². The van der Waals surface area contributed by atoms with Gasteiger partial charge in [0.15, 0.2) is 0 Å². The van der Waals surface area contributed by atoms with Crippen molar-refractivity contribution >= 4 is 61.9 Å². The van der Waals surface area contributed by atoms with E-state index in [0.717, 1.165) is 63.7 Å². The van der Waals surface area contributed by atoms with Gasteiger partial charge in [0.1, 0.15) is 12.2 Å². The average molecular weight is 729 g/mol. The maximum atomic E-state index is 11.7. The number of carbonyl (C=O) groups excluding carboxylic acids is 2. The molecule has 0 bridgehead atoms. The Bertz CT molecular complexity index is 1350. The first-order valence-electron chi connectivity index (χ1n) is 15.2. The number of hydrogen-bond acceptors (Lipinski definition) is 14. The molecule has 4 fully saturated rings. The van der Waals surface area contributed by atoms with Crippen molar-refractivity contribution in [3.8, 4) is 0 Å². The van der Waals surface area contributed by atoms with Crippen LogP contribution in [0.5, 0.6) is 0 Å². The fraction of sp³-hybridized carbons (Fsp3) is 0.517. The van der Waals surface area contributed by atoms with E-state index >= 15 is 0 Å². The highest BCUT2D eigenvalue weighted by atomic mass is 32.1. The molecule has 272 valence electrons. The van der Waals surface area contributed by atoms with Crippen LogP contribution in [0.3, 0.4) is 0 Å².